The Morgan fingerprint density at radius 3 is 2.25 bits per heavy atom. The SMILES string of the molecule is CC(C)CO[Si]1(C)CCCCC1. The Labute approximate surface area is 77.6 Å². The molecule has 72 valence electrons. The highest BCUT2D eigenvalue weighted by atomic mass is 28.4. The van der Waals surface area contributed by atoms with E-state index < -0.39 is 8.32 Å². The minimum Gasteiger partial charge on any atom is -0.417 e. The summed E-state index contributed by atoms with van der Waals surface area (Å²) >= 11 is 0. The van der Waals surface area contributed by atoms with Crippen molar-refractivity contribution in [1.29, 1.82) is 0 Å². The third-order valence-corrected chi connectivity index (χ3v) is 6.36. The van der Waals surface area contributed by atoms with E-state index >= 15 is 0 Å². The molecule has 0 aromatic rings. The van der Waals surface area contributed by atoms with Gasteiger partial charge in [0.25, 0.3) is 0 Å². The molecule has 0 aromatic heterocycles. The Kier molecular flexibility index (Phi) is 3.78. The summed E-state index contributed by atoms with van der Waals surface area (Å²) in [5, 5.41) is 0. The maximum absolute atomic E-state index is 6.07. The van der Waals surface area contributed by atoms with Gasteiger partial charge >= 0.3 is 0 Å². The Bertz CT molecular complexity index is 128. The van der Waals surface area contributed by atoms with Gasteiger partial charge < -0.3 is 4.43 Å². The molecule has 1 rings (SSSR count). The van der Waals surface area contributed by atoms with Crippen LogP contribution in [0.25, 0.3) is 0 Å². The van der Waals surface area contributed by atoms with E-state index in [1.807, 2.05) is 0 Å². The lowest BCUT2D eigenvalue weighted by atomic mass is 10.2. The summed E-state index contributed by atoms with van der Waals surface area (Å²) in [6, 6.07) is 2.80. The molecule has 1 nitrogen and oxygen atoms in total. The van der Waals surface area contributed by atoms with Crippen molar-refractivity contribution in [1.82, 2.24) is 0 Å². The molecule has 0 unspecified atom stereocenters. The van der Waals surface area contributed by atoms with Crippen molar-refractivity contribution >= 4 is 8.32 Å². The van der Waals surface area contributed by atoms with E-state index in [9.17, 15) is 0 Å². The molecular weight excluding hydrogens is 164 g/mol. The minimum atomic E-state index is -1.20. The van der Waals surface area contributed by atoms with E-state index in [1.165, 1.54) is 31.4 Å². The maximum atomic E-state index is 6.07. The van der Waals surface area contributed by atoms with Crippen molar-refractivity contribution in [2.24, 2.45) is 5.92 Å². The molecule has 2 heteroatoms. The smallest absolute Gasteiger partial charge is 0.189 e. The average molecular weight is 186 g/mol. The predicted molar refractivity (Wildman–Crippen MR) is 55.9 cm³/mol. The third-order valence-electron chi connectivity index (χ3n) is 2.68. The molecule has 0 radical (unpaired) electrons. The molecule has 0 N–H and O–H groups in total. The molecule has 1 aliphatic heterocycles. The summed E-state index contributed by atoms with van der Waals surface area (Å²) in [4.78, 5) is 0. The Morgan fingerprint density at radius 2 is 1.75 bits per heavy atom. The number of hydrogen-bond acceptors (Lipinski definition) is 1. The first kappa shape index (κ1) is 10.3. The van der Waals surface area contributed by atoms with Gasteiger partial charge in [0.1, 0.15) is 0 Å². The Morgan fingerprint density at radius 1 is 1.17 bits per heavy atom. The van der Waals surface area contributed by atoms with Crippen molar-refractivity contribution in [3.8, 4) is 0 Å². The third kappa shape index (κ3) is 3.28. The second-order valence-corrected chi connectivity index (χ2v) is 8.90. The molecule has 0 atom stereocenters. The first-order chi connectivity index (χ1) is 5.62. The largest absolute Gasteiger partial charge is 0.417 e. The van der Waals surface area contributed by atoms with E-state index in [1.54, 1.807) is 0 Å². The summed E-state index contributed by atoms with van der Waals surface area (Å²) in [5.74, 6) is 0.705. The van der Waals surface area contributed by atoms with Gasteiger partial charge in [0.05, 0.1) is 0 Å². The topological polar surface area (TPSA) is 9.23 Å². The van der Waals surface area contributed by atoms with Crippen molar-refractivity contribution in [3.05, 3.63) is 0 Å². The van der Waals surface area contributed by atoms with Crippen LogP contribution in [-0.4, -0.2) is 14.9 Å². The van der Waals surface area contributed by atoms with Crippen molar-refractivity contribution in [2.45, 2.75) is 51.7 Å². The van der Waals surface area contributed by atoms with E-state index in [2.05, 4.69) is 20.4 Å². The van der Waals surface area contributed by atoms with E-state index in [-0.39, 0.29) is 0 Å². The van der Waals surface area contributed by atoms with Crippen molar-refractivity contribution in [3.63, 3.8) is 0 Å². The summed E-state index contributed by atoms with van der Waals surface area (Å²) in [5.41, 5.74) is 0. The van der Waals surface area contributed by atoms with Crippen LogP contribution in [0.4, 0.5) is 0 Å². The normalized spacial score (nSPS) is 23.0. The second kappa shape index (κ2) is 4.42. The zero-order valence-corrected chi connectivity index (χ0v) is 9.73. The Balaban J connectivity index is 2.26. The summed E-state index contributed by atoms with van der Waals surface area (Å²) in [7, 11) is -1.20. The fourth-order valence-corrected chi connectivity index (χ4v) is 5.08. The zero-order chi connectivity index (χ0) is 9.03. The van der Waals surface area contributed by atoms with Crippen LogP contribution in [0, 0.1) is 5.92 Å². The van der Waals surface area contributed by atoms with Gasteiger partial charge in [0.15, 0.2) is 8.32 Å². The van der Waals surface area contributed by atoms with Crippen LogP contribution in [-0.2, 0) is 4.43 Å². The highest BCUT2D eigenvalue weighted by Crippen LogP contribution is 2.29. The molecule has 1 saturated heterocycles. The standard InChI is InChI=1S/C10H22OSi/c1-10(2)9-11-12(3)7-5-4-6-8-12/h10H,4-9H2,1-3H3. The summed E-state index contributed by atoms with van der Waals surface area (Å²) < 4.78 is 6.07. The van der Waals surface area contributed by atoms with Crippen LogP contribution >= 0.6 is 0 Å². The molecule has 12 heavy (non-hydrogen) atoms. The molecule has 1 heterocycles. The lowest BCUT2D eigenvalue weighted by molar-refractivity contribution is 0.252. The summed E-state index contributed by atoms with van der Waals surface area (Å²) in [6.45, 7) is 7.87. The molecule has 0 bridgehead atoms. The number of rotatable bonds is 3. The van der Waals surface area contributed by atoms with Gasteiger partial charge in [-0.3, -0.25) is 0 Å². The van der Waals surface area contributed by atoms with Gasteiger partial charge in [-0.15, -0.1) is 0 Å². The van der Waals surface area contributed by atoms with Crippen LogP contribution in [0.2, 0.25) is 18.6 Å². The number of hydrogen-bond donors (Lipinski definition) is 0. The minimum absolute atomic E-state index is 0.705. The maximum Gasteiger partial charge on any atom is 0.189 e. The van der Waals surface area contributed by atoms with Crippen LogP contribution < -0.4 is 0 Å². The van der Waals surface area contributed by atoms with Crippen LogP contribution in [0.3, 0.4) is 0 Å². The molecule has 0 saturated carbocycles. The van der Waals surface area contributed by atoms with Gasteiger partial charge in [-0.25, -0.2) is 0 Å². The van der Waals surface area contributed by atoms with Gasteiger partial charge in [-0.2, -0.15) is 0 Å². The molecule has 1 fully saturated rings. The van der Waals surface area contributed by atoms with E-state index in [0.717, 1.165) is 6.61 Å². The average Bonchev–Trinajstić information content (AvgIpc) is 2.03. The van der Waals surface area contributed by atoms with Crippen LogP contribution in [0.1, 0.15) is 33.1 Å². The lowest BCUT2D eigenvalue weighted by Gasteiger charge is -2.31. The highest BCUT2D eigenvalue weighted by Gasteiger charge is 2.30. The Hall–Kier alpha value is 0.177. The first-order valence-electron chi connectivity index (χ1n) is 5.26. The lowest BCUT2D eigenvalue weighted by Crippen LogP contribution is -2.37. The fourth-order valence-electron chi connectivity index (χ4n) is 1.81. The van der Waals surface area contributed by atoms with Crippen LogP contribution in [0.15, 0.2) is 0 Å². The molecule has 0 amide bonds. The molecular formula is C10H22OSi. The highest BCUT2D eigenvalue weighted by molar-refractivity contribution is 6.72. The monoisotopic (exact) mass is 186 g/mol. The zero-order valence-electron chi connectivity index (χ0n) is 8.73. The molecule has 1 aliphatic rings. The van der Waals surface area contributed by atoms with Crippen molar-refractivity contribution < 1.29 is 4.43 Å². The van der Waals surface area contributed by atoms with E-state index in [0.29, 0.717) is 5.92 Å². The summed E-state index contributed by atoms with van der Waals surface area (Å²) in [6.07, 6.45) is 4.27. The molecule has 0 aliphatic carbocycles. The fraction of sp³-hybridized carbons (Fsp3) is 1.00. The predicted octanol–water partition coefficient (Wildman–Crippen LogP) is 3.42. The second-order valence-electron chi connectivity index (χ2n) is 4.72. The van der Waals surface area contributed by atoms with Gasteiger partial charge in [0, 0.05) is 6.61 Å². The van der Waals surface area contributed by atoms with Gasteiger partial charge in [-0.05, 0) is 24.6 Å². The molecule has 0 spiro atoms. The van der Waals surface area contributed by atoms with Crippen LogP contribution in [0.5, 0.6) is 0 Å². The van der Waals surface area contributed by atoms with Crippen molar-refractivity contribution in [2.75, 3.05) is 6.61 Å². The van der Waals surface area contributed by atoms with Gasteiger partial charge in [0.2, 0.25) is 0 Å². The van der Waals surface area contributed by atoms with Gasteiger partial charge in [-0.1, -0.05) is 33.1 Å². The molecule has 0 aromatic carbocycles. The first-order valence-corrected chi connectivity index (χ1v) is 8.09. The quantitative estimate of drug-likeness (QED) is 0.614. The van der Waals surface area contributed by atoms with E-state index in [4.69, 9.17) is 4.43 Å².